The summed E-state index contributed by atoms with van der Waals surface area (Å²) in [5, 5.41) is 15.3. The Morgan fingerprint density at radius 1 is 1.31 bits per heavy atom. The van der Waals surface area contributed by atoms with Crippen molar-refractivity contribution in [3.8, 4) is 17.0 Å². The van der Waals surface area contributed by atoms with Crippen LogP contribution in [0.3, 0.4) is 0 Å². The monoisotopic (exact) mass is 442 g/mol. The highest BCUT2D eigenvalue weighted by molar-refractivity contribution is 5.90. The van der Waals surface area contributed by atoms with E-state index in [1.807, 2.05) is 12.1 Å². The maximum Gasteiger partial charge on any atom is 0.258 e. The number of anilines is 1. The second kappa shape index (κ2) is 7.70. The molecule has 5 rings (SSSR count). The molecule has 10 nitrogen and oxygen atoms in total. The number of hydrogen-bond donors (Lipinski definition) is 1. The summed E-state index contributed by atoms with van der Waals surface area (Å²) in [4.78, 5) is 18.3. The van der Waals surface area contributed by atoms with Gasteiger partial charge in [0, 0.05) is 25.4 Å². The summed E-state index contributed by atoms with van der Waals surface area (Å²) in [6.07, 6.45) is -0.123. The van der Waals surface area contributed by atoms with Crippen LogP contribution < -0.4 is 10.1 Å². The van der Waals surface area contributed by atoms with Crippen molar-refractivity contribution in [2.75, 3.05) is 26.0 Å². The van der Waals surface area contributed by atoms with Crippen LogP contribution >= 0.6 is 0 Å². The number of aromatic nitrogens is 6. The average Bonchev–Trinajstić information content (AvgIpc) is 3.46. The molecule has 166 valence electrons. The zero-order chi connectivity index (χ0) is 22.4. The number of carbonyl (C=O) groups is 1. The lowest BCUT2D eigenvalue weighted by Gasteiger charge is -2.13. The molecule has 1 fully saturated rings. The Kier molecular flexibility index (Phi) is 4.83. The molecule has 1 aliphatic rings. The van der Waals surface area contributed by atoms with Gasteiger partial charge >= 0.3 is 0 Å². The standard InChI is InChI=1S/C20H20F2N8O2/c1-28-7-6-14(19(28)31)23-20-24-18(32-2)17-12(5-8-29(17)26-20)11-3-4-13-15(9-11)30(27-25-13)10-16(21)22/h3-5,8-9,14,16H,6-7,10H2,1-2H3,(H,23,26)/t14-/m0/s1. The average molecular weight is 442 g/mol. The van der Waals surface area contributed by atoms with Crippen LogP contribution in [0.2, 0.25) is 0 Å². The van der Waals surface area contributed by atoms with Crippen LogP contribution in [0.25, 0.3) is 27.7 Å². The first kappa shape index (κ1) is 20.1. The maximum atomic E-state index is 12.9. The van der Waals surface area contributed by atoms with Gasteiger partial charge in [-0.2, -0.15) is 4.98 Å². The lowest BCUT2D eigenvalue weighted by atomic mass is 10.1. The number of nitrogens with one attached hydrogen (secondary N) is 1. The van der Waals surface area contributed by atoms with Gasteiger partial charge in [-0.1, -0.05) is 11.3 Å². The lowest BCUT2D eigenvalue weighted by Crippen LogP contribution is -2.31. The van der Waals surface area contributed by atoms with E-state index >= 15 is 0 Å². The fourth-order valence-corrected chi connectivity index (χ4v) is 3.94. The third-order valence-electron chi connectivity index (χ3n) is 5.54. The molecule has 0 radical (unpaired) electrons. The van der Waals surface area contributed by atoms with Gasteiger partial charge in [0.25, 0.3) is 6.43 Å². The van der Waals surface area contributed by atoms with Gasteiger partial charge in [0.2, 0.25) is 17.7 Å². The van der Waals surface area contributed by atoms with Gasteiger partial charge in [0.05, 0.1) is 12.6 Å². The molecule has 1 aliphatic heterocycles. The van der Waals surface area contributed by atoms with Crippen molar-refractivity contribution in [1.29, 1.82) is 0 Å². The summed E-state index contributed by atoms with van der Waals surface area (Å²) < 4.78 is 34.1. The Labute approximate surface area is 180 Å². The first-order valence-electron chi connectivity index (χ1n) is 10.0. The van der Waals surface area contributed by atoms with Gasteiger partial charge in [0.1, 0.15) is 23.6 Å². The van der Waals surface area contributed by atoms with Gasteiger partial charge in [-0.3, -0.25) is 4.79 Å². The summed E-state index contributed by atoms with van der Waals surface area (Å²) in [5.74, 6) is 0.587. The van der Waals surface area contributed by atoms with E-state index in [0.717, 1.165) is 11.1 Å². The Morgan fingerprint density at radius 3 is 2.88 bits per heavy atom. The van der Waals surface area contributed by atoms with E-state index in [0.29, 0.717) is 35.4 Å². The second-order valence-electron chi connectivity index (χ2n) is 7.58. The Bertz CT molecular complexity index is 1320. The van der Waals surface area contributed by atoms with Crippen LogP contribution in [-0.4, -0.2) is 73.6 Å². The van der Waals surface area contributed by atoms with Gasteiger partial charge in [0.15, 0.2) is 0 Å². The molecule has 1 aromatic carbocycles. The molecule has 0 unspecified atom stereocenters. The van der Waals surface area contributed by atoms with E-state index in [1.165, 1.54) is 11.8 Å². The van der Waals surface area contributed by atoms with Crippen LogP contribution in [0.15, 0.2) is 30.5 Å². The number of halogens is 2. The van der Waals surface area contributed by atoms with Crippen molar-refractivity contribution < 1.29 is 18.3 Å². The summed E-state index contributed by atoms with van der Waals surface area (Å²) in [5.41, 5.74) is 3.16. The van der Waals surface area contributed by atoms with Gasteiger partial charge in [-0.25, -0.2) is 18.0 Å². The van der Waals surface area contributed by atoms with Crippen LogP contribution in [0.5, 0.6) is 5.88 Å². The van der Waals surface area contributed by atoms with Gasteiger partial charge in [-0.05, 0) is 30.2 Å². The predicted molar refractivity (Wildman–Crippen MR) is 112 cm³/mol. The molecule has 32 heavy (non-hydrogen) atoms. The number of hydrogen-bond acceptors (Lipinski definition) is 7. The lowest BCUT2D eigenvalue weighted by molar-refractivity contribution is -0.127. The minimum atomic E-state index is -2.54. The van der Waals surface area contributed by atoms with E-state index in [1.54, 1.807) is 34.8 Å². The SMILES string of the molecule is COc1nc(N[C@H]2CCN(C)C2=O)nn2ccc(-c3ccc4nnn(CC(F)F)c4c3)c12. The fourth-order valence-electron chi connectivity index (χ4n) is 3.94. The first-order valence-corrected chi connectivity index (χ1v) is 10.0. The largest absolute Gasteiger partial charge is 0.479 e. The van der Waals surface area contributed by atoms with Gasteiger partial charge in [-0.15, -0.1) is 10.2 Å². The summed E-state index contributed by atoms with van der Waals surface area (Å²) in [6.45, 7) is 0.135. The number of fused-ring (bicyclic) bond motifs is 2. The maximum absolute atomic E-state index is 12.9. The van der Waals surface area contributed by atoms with E-state index in [9.17, 15) is 13.6 Å². The molecule has 1 atom stereocenters. The third-order valence-corrected chi connectivity index (χ3v) is 5.54. The van der Waals surface area contributed by atoms with Crippen LogP contribution in [-0.2, 0) is 11.3 Å². The molecule has 1 saturated heterocycles. The molecule has 4 aromatic rings. The number of alkyl halides is 2. The van der Waals surface area contributed by atoms with Crippen molar-refractivity contribution >= 4 is 28.4 Å². The number of rotatable bonds is 6. The number of methoxy groups -OCH3 is 1. The highest BCUT2D eigenvalue weighted by atomic mass is 19.3. The number of amides is 1. The van der Waals surface area contributed by atoms with Crippen LogP contribution in [0.1, 0.15) is 6.42 Å². The zero-order valence-corrected chi connectivity index (χ0v) is 17.4. The summed E-state index contributed by atoms with van der Waals surface area (Å²) in [6, 6.07) is 6.77. The smallest absolute Gasteiger partial charge is 0.258 e. The fraction of sp³-hybridized carbons (Fsp3) is 0.350. The number of likely N-dealkylation sites (tertiary alicyclic amines) is 1. The van der Waals surface area contributed by atoms with Crippen molar-refractivity contribution in [2.45, 2.75) is 25.4 Å². The van der Waals surface area contributed by atoms with E-state index in [-0.39, 0.29) is 17.9 Å². The molecular weight excluding hydrogens is 422 g/mol. The first-order chi connectivity index (χ1) is 15.4. The molecule has 0 aliphatic carbocycles. The topological polar surface area (TPSA) is 102 Å². The van der Waals surface area contributed by atoms with Crippen molar-refractivity contribution in [3.63, 3.8) is 0 Å². The van der Waals surface area contributed by atoms with Crippen molar-refractivity contribution in [1.82, 2.24) is 34.5 Å². The number of benzene rings is 1. The Balaban J connectivity index is 1.55. The van der Waals surface area contributed by atoms with Crippen LogP contribution in [0.4, 0.5) is 14.7 Å². The predicted octanol–water partition coefficient (Wildman–Crippen LogP) is 2.06. The third kappa shape index (κ3) is 3.37. The van der Waals surface area contributed by atoms with Crippen molar-refractivity contribution in [3.05, 3.63) is 30.5 Å². The Morgan fingerprint density at radius 2 is 2.16 bits per heavy atom. The second-order valence-corrected chi connectivity index (χ2v) is 7.58. The van der Waals surface area contributed by atoms with Crippen LogP contribution in [0, 0.1) is 0 Å². The molecule has 0 bridgehead atoms. The minimum Gasteiger partial charge on any atom is -0.479 e. The molecule has 1 N–H and O–H groups in total. The van der Waals surface area contributed by atoms with E-state index in [4.69, 9.17) is 4.74 Å². The minimum absolute atomic E-state index is 0.0109. The van der Waals surface area contributed by atoms with Crippen molar-refractivity contribution in [2.24, 2.45) is 0 Å². The number of carbonyl (C=O) groups excluding carboxylic acids is 1. The quantitative estimate of drug-likeness (QED) is 0.488. The molecule has 0 spiro atoms. The summed E-state index contributed by atoms with van der Waals surface area (Å²) in [7, 11) is 3.26. The van der Waals surface area contributed by atoms with E-state index in [2.05, 4.69) is 25.7 Å². The number of nitrogens with zero attached hydrogens (tertiary/aromatic N) is 7. The molecule has 0 saturated carbocycles. The number of ether oxygens (including phenoxy) is 1. The highest BCUT2D eigenvalue weighted by Gasteiger charge is 2.30. The molecular formula is C20H20F2N8O2. The summed E-state index contributed by atoms with van der Waals surface area (Å²) >= 11 is 0. The normalized spacial score (nSPS) is 16.6. The molecule has 1 amide bonds. The molecule has 12 heteroatoms. The van der Waals surface area contributed by atoms with E-state index < -0.39 is 13.0 Å². The molecule has 4 heterocycles. The number of likely N-dealkylation sites (N-methyl/N-ethyl adjacent to an activating group) is 1. The van der Waals surface area contributed by atoms with Gasteiger partial charge < -0.3 is 15.0 Å². The Hall–Kier alpha value is -3.83. The molecule has 3 aromatic heterocycles. The highest BCUT2D eigenvalue weighted by Crippen LogP contribution is 2.33. The zero-order valence-electron chi connectivity index (χ0n) is 17.4.